The standard InChI is InChI=1S/C19H29N7O2/c1-12(18(28)25-9-8-14(11-25)24(2)3)21-19-22-16-15(17(27)23-19)10-20-26(16)13-6-4-5-7-13/h10,12-14H,4-9,11H2,1-3H3,(H2,21,22,23,27)/t12-,14+/m1/s1. The molecule has 3 heterocycles. The topological polar surface area (TPSA) is 99.1 Å². The molecule has 1 amide bonds. The van der Waals surface area contributed by atoms with Gasteiger partial charge >= 0.3 is 0 Å². The molecule has 0 aromatic carbocycles. The monoisotopic (exact) mass is 387 g/mol. The van der Waals surface area contributed by atoms with Crippen molar-refractivity contribution in [3.63, 3.8) is 0 Å². The van der Waals surface area contributed by atoms with Crippen LogP contribution in [-0.2, 0) is 4.79 Å². The van der Waals surface area contributed by atoms with Gasteiger partial charge in [-0.1, -0.05) is 12.8 Å². The van der Waals surface area contributed by atoms with Gasteiger partial charge in [-0.15, -0.1) is 0 Å². The van der Waals surface area contributed by atoms with Gasteiger partial charge in [-0.05, 0) is 40.3 Å². The second kappa shape index (κ2) is 7.54. The summed E-state index contributed by atoms with van der Waals surface area (Å²) in [5, 5.41) is 7.99. The van der Waals surface area contributed by atoms with Crippen LogP contribution in [0.25, 0.3) is 11.0 Å². The van der Waals surface area contributed by atoms with Crippen LogP contribution in [0.5, 0.6) is 0 Å². The summed E-state index contributed by atoms with van der Waals surface area (Å²) < 4.78 is 1.87. The molecule has 9 heteroatoms. The Bertz CT molecular complexity index is 913. The molecule has 2 aliphatic rings. The van der Waals surface area contributed by atoms with Crippen molar-refractivity contribution >= 4 is 22.9 Å². The molecular weight excluding hydrogens is 358 g/mol. The number of nitrogens with zero attached hydrogens (tertiary/aromatic N) is 5. The molecule has 2 N–H and O–H groups in total. The average Bonchev–Trinajstić information content (AvgIpc) is 3.40. The van der Waals surface area contributed by atoms with Crippen molar-refractivity contribution in [1.82, 2.24) is 29.5 Å². The lowest BCUT2D eigenvalue weighted by molar-refractivity contribution is -0.130. The van der Waals surface area contributed by atoms with Crippen LogP contribution in [0.3, 0.4) is 0 Å². The van der Waals surface area contributed by atoms with E-state index >= 15 is 0 Å². The highest BCUT2D eigenvalue weighted by atomic mass is 16.2. The van der Waals surface area contributed by atoms with Gasteiger partial charge in [0.05, 0.1) is 12.2 Å². The van der Waals surface area contributed by atoms with Crippen molar-refractivity contribution in [2.45, 2.75) is 57.2 Å². The first-order chi connectivity index (χ1) is 13.4. The zero-order valence-electron chi connectivity index (χ0n) is 16.8. The summed E-state index contributed by atoms with van der Waals surface area (Å²) in [5.74, 6) is 0.345. The molecule has 1 aliphatic carbocycles. The molecule has 9 nitrogen and oxygen atoms in total. The first-order valence-corrected chi connectivity index (χ1v) is 10.1. The first kappa shape index (κ1) is 18.9. The lowest BCUT2D eigenvalue weighted by atomic mass is 10.2. The number of fused-ring (bicyclic) bond motifs is 1. The van der Waals surface area contributed by atoms with Gasteiger partial charge in [0.2, 0.25) is 11.9 Å². The number of likely N-dealkylation sites (tertiary alicyclic amines) is 1. The molecule has 1 saturated carbocycles. The highest BCUT2D eigenvalue weighted by Gasteiger charge is 2.30. The molecule has 2 atom stereocenters. The van der Waals surface area contributed by atoms with Gasteiger partial charge in [0.15, 0.2) is 5.65 Å². The third-order valence-corrected chi connectivity index (χ3v) is 6.06. The summed E-state index contributed by atoms with van der Waals surface area (Å²) >= 11 is 0. The molecule has 2 aromatic rings. The molecule has 0 radical (unpaired) electrons. The SMILES string of the molecule is C[C@@H](Nc1nc2c(cnn2C2CCCC2)c(=O)[nH]1)C(=O)N1CC[C@H](N(C)C)C1. The molecule has 28 heavy (non-hydrogen) atoms. The maximum atomic E-state index is 12.8. The number of likely N-dealkylation sites (N-methyl/N-ethyl adjacent to an activating group) is 1. The molecule has 0 unspecified atom stereocenters. The van der Waals surface area contributed by atoms with E-state index in [4.69, 9.17) is 0 Å². The molecule has 1 aliphatic heterocycles. The second-order valence-electron chi connectivity index (χ2n) is 8.24. The molecule has 2 aromatic heterocycles. The number of anilines is 1. The Balaban J connectivity index is 1.52. The molecule has 0 bridgehead atoms. The van der Waals surface area contributed by atoms with E-state index in [0.29, 0.717) is 29.1 Å². The lowest BCUT2D eigenvalue weighted by Crippen LogP contribution is -2.42. The molecule has 4 rings (SSSR count). The van der Waals surface area contributed by atoms with E-state index in [1.54, 1.807) is 6.20 Å². The summed E-state index contributed by atoms with van der Waals surface area (Å²) in [6, 6.07) is 0.224. The normalized spacial score (nSPS) is 21.7. The maximum Gasteiger partial charge on any atom is 0.263 e. The van der Waals surface area contributed by atoms with Crippen molar-refractivity contribution in [3.8, 4) is 0 Å². The van der Waals surface area contributed by atoms with Crippen LogP contribution in [-0.4, -0.2) is 74.7 Å². The van der Waals surface area contributed by atoms with E-state index in [2.05, 4.69) is 25.3 Å². The van der Waals surface area contributed by atoms with Crippen LogP contribution >= 0.6 is 0 Å². The minimum atomic E-state index is -0.468. The Morgan fingerprint density at radius 1 is 1.32 bits per heavy atom. The third-order valence-electron chi connectivity index (χ3n) is 6.06. The Morgan fingerprint density at radius 3 is 2.75 bits per heavy atom. The lowest BCUT2D eigenvalue weighted by Gasteiger charge is -2.23. The Labute approximate surface area is 164 Å². The first-order valence-electron chi connectivity index (χ1n) is 10.1. The van der Waals surface area contributed by atoms with Crippen LogP contribution in [0.2, 0.25) is 0 Å². The molecular formula is C19H29N7O2. The van der Waals surface area contributed by atoms with Crippen molar-refractivity contribution < 1.29 is 4.79 Å². The summed E-state index contributed by atoms with van der Waals surface area (Å²) in [6.45, 7) is 3.30. The fourth-order valence-corrected chi connectivity index (χ4v) is 4.32. The highest BCUT2D eigenvalue weighted by molar-refractivity contribution is 5.84. The van der Waals surface area contributed by atoms with Crippen molar-refractivity contribution in [3.05, 3.63) is 16.6 Å². The summed E-state index contributed by atoms with van der Waals surface area (Å²) in [6.07, 6.45) is 7.04. The number of amides is 1. The van der Waals surface area contributed by atoms with E-state index in [-0.39, 0.29) is 11.5 Å². The van der Waals surface area contributed by atoms with Gasteiger partial charge in [0.25, 0.3) is 5.56 Å². The van der Waals surface area contributed by atoms with Crippen molar-refractivity contribution in [2.75, 3.05) is 32.5 Å². The van der Waals surface area contributed by atoms with E-state index in [0.717, 1.165) is 32.4 Å². The van der Waals surface area contributed by atoms with Gasteiger partial charge in [0, 0.05) is 19.1 Å². The zero-order valence-corrected chi connectivity index (χ0v) is 16.8. The minimum Gasteiger partial charge on any atom is -0.344 e. The number of H-pyrrole nitrogens is 1. The Hall–Kier alpha value is -2.42. The van der Waals surface area contributed by atoms with Crippen LogP contribution in [0.4, 0.5) is 5.95 Å². The molecule has 152 valence electrons. The summed E-state index contributed by atoms with van der Waals surface area (Å²) in [7, 11) is 4.08. The fraction of sp³-hybridized carbons (Fsp3) is 0.684. The fourth-order valence-electron chi connectivity index (χ4n) is 4.32. The van der Waals surface area contributed by atoms with Gasteiger partial charge in [-0.2, -0.15) is 10.1 Å². The number of aromatic amines is 1. The average molecular weight is 387 g/mol. The van der Waals surface area contributed by atoms with Crippen LogP contribution in [0.15, 0.2) is 11.0 Å². The van der Waals surface area contributed by atoms with Gasteiger partial charge in [-0.3, -0.25) is 14.6 Å². The van der Waals surface area contributed by atoms with Gasteiger partial charge < -0.3 is 15.1 Å². The number of carbonyl (C=O) groups excluding carboxylic acids is 1. The van der Waals surface area contributed by atoms with Crippen molar-refractivity contribution in [1.29, 1.82) is 0 Å². The highest BCUT2D eigenvalue weighted by Crippen LogP contribution is 2.30. The number of hydrogen-bond acceptors (Lipinski definition) is 6. The van der Waals surface area contributed by atoms with Crippen LogP contribution < -0.4 is 10.9 Å². The van der Waals surface area contributed by atoms with Gasteiger partial charge in [0.1, 0.15) is 11.4 Å². The molecule has 2 fully saturated rings. The number of hydrogen-bond donors (Lipinski definition) is 2. The van der Waals surface area contributed by atoms with E-state index in [1.165, 1.54) is 12.8 Å². The Kier molecular flexibility index (Phi) is 5.09. The predicted molar refractivity (Wildman–Crippen MR) is 107 cm³/mol. The van der Waals surface area contributed by atoms with E-state index in [1.807, 2.05) is 30.6 Å². The predicted octanol–water partition coefficient (Wildman–Crippen LogP) is 1.20. The third kappa shape index (κ3) is 3.50. The smallest absolute Gasteiger partial charge is 0.263 e. The van der Waals surface area contributed by atoms with E-state index < -0.39 is 6.04 Å². The largest absolute Gasteiger partial charge is 0.344 e. The zero-order chi connectivity index (χ0) is 19.8. The number of carbonyl (C=O) groups is 1. The number of rotatable bonds is 5. The number of nitrogens with one attached hydrogen (secondary N) is 2. The second-order valence-corrected chi connectivity index (χ2v) is 8.24. The quantitative estimate of drug-likeness (QED) is 0.800. The van der Waals surface area contributed by atoms with Crippen molar-refractivity contribution in [2.24, 2.45) is 0 Å². The number of aromatic nitrogens is 4. The Morgan fingerprint density at radius 2 is 2.07 bits per heavy atom. The molecule has 1 saturated heterocycles. The van der Waals surface area contributed by atoms with E-state index in [9.17, 15) is 9.59 Å². The van der Waals surface area contributed by atoms with Crippen LogP contribution in [0.1, 0.15) is 45.1 Å². The summed E-state index contributed by atoms with van der Waals surface area (Å²) in [4.78, 5) is 36.6. The van der Waals surface area contributed by atoms with Gasteiger partial charge in [-0.25, -0.2) is 4.68 Å². The minimum absolute atomic E-state index is 0.0244. The van der Waals surface area contributed by atoms with Crippen LogP contribution in [0, 0.1) is 0 Å². The summed E-state index contributed by atoms with van der Waals surface area (Å²) in [5.41, 5.74) is 0.358. The molecule has 0 spiro atoms. The maximum absolute atomic E-state index is 12.8.